The summed E-state index contributed by atoms with van der Waals surface area (Å²) in [6.45, 7) is 4.40. The van der Waals surface area contributed by atoms with E-state index in [0.29, 0.717) is 17.3 Å². The van der Waals surface area contributed by atoms with Gasteiger partial charge in [0.2, 0.25) is 0 Å². The standard InChI is InChI=1S/C14H19N5/c15-9-11-3-5-17-14(13(11)16)19-8-4-12(10-19)18-6-1-2-7-18/h3,5,12H,1-2,4,6-8,10,16H2. The molecule has 3 heterocycles. The number of rotatable bonds is 2. The zero-order chi connectivity index (χ0) is 13.2. The van der Waals surface area contributed by atoms with Gasteiger partial charge in [-0.1, -0.05) is 0 Å². The van der Waals surface area contributed by atoms with Crippen LogP contribution in [0.5, 0.6) is 0 Å². The van der Waals surface area contributed by atoms with Crippen molar-refractivity contribution < 1.29 is 0 Å². The van der Waals surface area contributed by atoms with Gasteiger partial charge in [-0.05, 0) is 38.4 Å². The molecule has 100 valence electrons. The number of hydrogen-bond acceptors (Lipinski definition) is 5. The van der Waals surface area contributed by atoms with E-state index in [1.165, 1.54) is 25.9 Å². The predicted octanol–water partition coefficient (Wildman–Crippen LogP) is 1.21. The number of nitrogen functional groups attached to an aromatic ring is 1. The van der Waals surface area contributed by atoms with Crippen molar-refractivity contribution in [3.8, 4) is 6.07 Å². The van der Waals surface area contributed by atoms with Crippen LogP contribution < -0.4 is 10.6 Å². The molecule has 2 saturated heterocycles. The molecule has 3 rings (SSSR count). The molecule has 1 aromatic rings. The van der Waals surface area contributed by atoms with Crippen LogP contribution in [-0.2, 0) is 0 Å². The summed E-state index contributed by atoms with van der Waals surface area (Å²) in [6, 6.07) is 4.42. The lowest BCUT2D eigenvalue weighted by Gasteiger charge is -2.24. The second-order valence-electron chi connectivity index (χ2n) is 5.34. The van der Waals surface area contributed by atoms with Gasteiger partial charge in [0.1, 0.15) is 6.07 Å². The summed E-state index contributed by atoms with van der Waals surface area (Å²) in [5.41, 5.74) is 7.08. The van der Waals surface area contributed by atoms with E-state index < -0.39 is 0 Å². The van der Waals surface area contributed by atoms with E-state index in [-0.39, 0.29) is 0 Å². The van der Waals surface area contributed by atoms with Crippen molar-refractivity contribution in [3.63, 3.8) is 0 Å². The van der Waals surface area contributed by atoms with Crippen LogP contribution in [0.2, 0.25) is 0 Å². The molecule has 5 nitrogen and oxygen atoms in total. The summed E-state index contributed by atoms with van der Waals surface area (Å²) in [5, 5.41) is 9.03. The maximum atomic E-state index is 9.03. The average molecular weight is 257 g/mol. The van der Waals surface area contributed by atoms with E-state index in [1.807, 2.05) is 0 Å². The topological polar surface area (TPSA) is 69.2 Å². The monoisotopic (exact) mass is 257 g/mol. The maximum absolute atomic E-state index is 9.03. The number of anilines is 2. The van der Waals surface area contributed by atoms with Gasteiger partial charge < -0.3 is 10.6 Å². The second-order valence-corrected chi connectivity index (χ2v) is 5.34. The summed E-state index contributed by atoms with van der Waals surface area (Å²) in [7, 11) is 0. The van der Waals surface area contributed by atoms with Gasteiger partial charge in [0.05, 0.1) is 11.3 Å². The number of aromatic nitrogens is 1. The fraction of sp³-hybridized carbons (Fsp3) is 0.571. The van der Waals surface area contributed by atoms with Crippen molar-refractivity contribution in [1.82, 2.24) is 9.88 Å². The molecule has 1 aromatic heterocycles. The molecule has 0 aliphatic carbocycles. The second kappa shape index (κ2) is 5.06. The number of nitriles is 1. The molecule has 0 amide bonds. The molecule has 0 saturated carbocycles. The maximum Gasteiger partial charge on any atom is 0.153 e. The van der Waals surface area contributed by atoms with Gasteiger partial charge in [-0.25, -0.2) is 4.98 Å². The summed E-state index contributed by atoms with van der Waals surface area (Å²) in [6.07, 6.45) is 5.48. The lowest BCUT2D eigenvalue weighted by molar-refractivity contribution is 0.260. The van der Waals surface area contributed by atoms with Crippen molar-refractivity contribution in [1.29, 1.82) is 5.26 Å². The molecule has 19 heavy (non-hydrogen) atoms. The Morgan fingerprint density at radius 1 is 1.32 bits per heavy atom. The molecule has 0 aromatic carbocycles. The van der Waals surface area contributed by atoms with Crippen LogP contribution in [0, 0.1) is 11.3 Å². The highest BCUT2D eigenvalue weighted by atomic mass is 15.3. The Balaban J connectivity index is 1.76. The van der Waals surface area contributed by atoms with Crippen molar-refractivity contribution in [2.75, 3.05) is 36.8 Å². The van der Waals surface area contributed by atoms with Crippen molar-refractivity contribution in [2.45, 2.75) is 25.3 Å². The molecule has 2 aliphatic heterocycles. The minimum absolute atomic E-state index is 0.520. The smallest absolute Gasteiger partial charge is 0.153 e. The van der Waals surface area contributed by atoms with Gasteiger partial charge >= 0.3 is 0 Å². The van der Waals surface area contributed by atoms with Crippen molar-refractivity contribution in [2.24, 2.45) is 0 Å². The Hall–Kier alpha value is -1.80. The van der Waals surface area contributed by atoms with Crippen LogP contribution in [0.15, 0.2) is 12.3 Å². The highest BCUT2D eigenvalue weighted by molar-refractivity contribution is 5.70. The number of likely N-dealkylation sites (tertiary alicyclic amines) is 1. The minimum atomic E-state index is 0.520. The quantitative estimate of drug-likeness (QED) is 0.862. The van der Waals surface area contributed by atoms with Gasteiger partial charge in [-0.2, -0.15) is 5.26 Å². The van der Waals surface area contributed by atoms with E-state index in [1.54, 1.807) is 12.3 Å². The van der Waals surface area contributed by atoms with Crippen LogP contribution in [0.3, 0.4) is 0 Å². The molecular weight excluding hydrogens is 238 g/mol. The van der Waals surface area contributed by atoms with E-state index in [4.69, 9.17) is 11.0 Å². The van der Waals surface area contributed by atoms with Gasteiger partial charge in [0.25, 0.3) is 0 Å². The Morgan fingerprint density at radius 2 is 2.11 bits per heavy atom. The molecule has 2 N–H and O–H groups in total. The van der Waals surface area contributed by atoms with E-state index in [9.17, 15) is 0 Å². The largest absolute Gasteiger partial charge is 0.395 e. The summed E-state index contributed by atoms with van der Waals surface area (Å²) >= 11 is 0. The Bertz CT molecular complexity index is 501. The number of pyridine rings is 1. The van der Waals surface area contributed by atoms with Crippen LogP contribution in [-0.4, -0.2) is 42.1 Å². The molecule has 1 atom stereocenters. The number of nitrogens with two attached hydrogens (primary N) is 1. The Labute approximate surface area is 113 Å². The molecule has 2 aliphatic rings. The van der Waals surface area contributed by atoms with E-state index >= 15 is 0 Å². The number of nitrogens with zero attached hydrogens (tertiary/aromatic N) is 4. The van der Waals surface area contributed by atoms with Crippen molar-refractivity contribution >= 4 is 11.5 Å². The van der Waals surface area contributed by atoms with E-state index in [0.717, 1.165) is 25.3 Å². The highest BCUT2D eigenvalue weighted by Gasteiger charge is 2.30. The fourth-order valence-corrected chi connectivity index (χ4v) is 3.15. The summed E-state index contributed by atoms with van der Waals surface area (Å²) in [4.78, 5) is 9.16. The third-order valence-corrected chi connectivity index (χ3v) is 4.21. The molecule has 5 heteroatoms. The first-order chi connectivity index (χ1) is 9.29. The third-order valence-electron chi connectivity index (χ3n) is 4.21. The molecule has 0 bridgehead atoms. The van der Waals surface area contributed by atoms with Gasteiger partial charge in [-0.3, -0.25) is 4.90 Å². The summed E-state index contributed by atoms with van der Waals surface area (Å²) < 4.78 is 0. The van der Waals surface area contributed by atoms with Gasteiger partial charge in [0.15, 0.2) is 5.82 Å². The normalized spacial score (nSPS) is 23.7. The van der Waals surface area contributed by atoms with Crippen molar-refractivity contribution in [3.05, 3.63) is 17.8 Å². The van der Waals surface area contributed by atoms with Crippen LogP contribution in [0.1, 0.15) is 24.8 Å². The zero-order valence-electron chi connectivity index (χ0n) is 11.0. The molecule has 1 unspecified atom stereocenters. The molecule has 0 spiro atoms. The SMILES string of the molecule is N#Cc1ccnc(N2CCC(N3CCCC3)C2)c1N. The minimum Gasteiger partial charge on any atom is -0.395 e. The third kappa shape index (κ3) is 2.24. The first-order valence-corrected chi connectivity index (χ1v) is 6.93. The van der Waals surface area contributed by atoms with Crippen LogP contribution in [0.25, 0.3) is 0 Å². The van der Waals surface area contributed by atoms with Gasteiger partial charge in [-0.15, -0.1) is 0 Å². The Kier molecular flexibility index (Phi) is 3.26. The highest BCUT2D eigenvalue weighted by Crippen LogP contribution is 2.29. The average Bonchev–Trinajstić information content (AvgIpc) is 3.09. The Morgan fingerprint density at radius 3 is 2.84 bits per heavy atom. The van der Waals surface area contributed by atoms with Crippen LogP contribution >= 0.6 is 0 Å². The summed E-state index contributed by atoms with van der Waals surface area (Å²) in [5.74, 6) is 0.778. The first kappa shape index (κ1) is 12.2. The van der Waals surface area contributed by atoms with Gasteiger partial charge in [0, 0.05) is 25.3 Å². The van der Waals surface area contributed by atoms with Crippen LogP contribution in [0.4, 0.5) is 11.5 Å². The lowest BCUT2D eigenvalue weighted by atomic mass is 10.2. The first-order valence-electron chi connectivity index (χ1n) is 6.93. The fourth-order valence-electron chi connectivity index (χ4n) is 3.15. The molecular formula is C14H19N5. The lowest BCUT2D eigenvalue weighted by Crippen LogP contribution is -2.35. The number of hydrogen-bond donors (Lipinski definition) is 1. The predicted molar refractivity (Wildman–Crippen MR) is 74.8 cm³/mol. The zero-order valence-corrected chi connectivity index (χ0v) is 11.0. The molecule has 2 fully saturated rings. The van der Waals surface area contributed by atoms with E-state index in [2.05, 4.69) is 20.9 Å². The molecule has 0 radical (unpaired) electrons.